The molecule has 0 aromatic carbocycles. The van der Waals surface area contributed by atoms with Crippen LogP contribution in [-0.4, -0.2) is 27.6 Å². The van der Waals surface area contributed by atoms with Crippen LogP contribution in [0, 0.1) is 0 Å². The molecule has 0 unspecified atom stereocenters. The molecular weight excluding hydrogens is 245 g/mol. The smallest absolute Gasteiger partial charge is 0.321 e. The fraction of sp³-hybridized carbons (Fsp3) is 0.625. The lowest BCUT2D eigenvalue weighted by Gasteiger charge is -2.27. The van der Waals surface area contributed by atoms with Crippen LogP contribution in [0.3, 0.4) is 0 Å². The van der Waals surface area contributed by atoms with Crippen LogP contribution in [0.1, 0.15) is 13.8 Å². The van der Waals surface area contributed by atoms with Crippen LogP contribution in [0.15, 0.2) is 10.6 Å². The molecule has 0 rings (SSSR count). The third kappa shape index (κ3) is 4.55. The van der Waals surface area contributed by atoms with E-state index in [1.165, 1.54) is 17.3 Å². The van der Waals surface area contributed by atoms with Gasteiger partial charge in [-0.3, -0.25) is 4.79 Å². The van der Waals surface area contributed by atoms with Gasteiger partial charge in [0.05, 0.1) is 0 Å². The summed E-state index contributed by atoms with van der Waals surface area (Å²) in [7, 11) is 0. The van der Waals surface area contributed by atoms with Gasteiger partial charge in [0, 0.05) is 21.1 Å². The van der Waals surface area contributed by atoms with Crippen LogP contribution in [0.4, 0.5) is 0 Å². The van der Waals surface area contributed by atoms with E-state index in [1.807, 2.05) is 0 Å². The maximum Gasteiger partial charge on any atom is 0.321 e. The zero-order valence-corrected chi connectivity index (χ0v) is 10.3. The molecule has 3 nitrogen and oxygen atoms in total. The summed E-state index contributed by atoms with van der Waals surface area (Å²) in [6.45, 7) is 3.52. The summed E-state index contributed by atoms with van der Waals surface area (Å²) in [4.78, 5) is 10.6. The number of hydrogen-bond acceptors (Lipinski definition) is 3. The Labute approximate surface area is 97.6 Å². The van der Waals surface area contributed by atoms with Gasteiger partial charge in [-0.2, -0.15) is 0 Å². The number of hydrogen-bond donors (Lipinski definition) is 2. The van der Waals surface area contributed by atoms with Gasteiger partial charge in [-0.05, 0) is 13.8 Å². The molecule has 0 amide bonds. The monoisotopic (exact) mass is 257 g/mol. The van der Waals surface area contributed by atoms with Crippen molar-refractivity contribution in [1.29, 1.82) is 0 Å². The quantitative estimate of drug-likeness (QED) is 0.793. The van der Waals surface area contributed by atoms with Crippen molar-refractivity contribution >= 4 is 40.9 Å². The molecule has 1 atom stereocenters. The number of rotatable bonds is 5. The Morgan fingerprint density at radius 1 is 1.71 bits per heavy atom. The predicted octanol–water partition coefficient (Wildman–Crippen LogP) is 2.23. The van der Waals surface area contributed by atoms with Crippen LogP contribution in [-0.2, 0) is 4.79 Å². The van der Waals surface area contributed by atoms with Gasteiger partial charge in [0.25, 0.3) is 0 Å². The van der Waals surface area contributed by atoms with Crippen molar-refractivity contribution in [2.75, 3.05) is 5.75 Å². The van der Waals surface area contributed by atoms with Crippen molar-refractivity contribution in [1.82, 2.24) is 0 Å². The van der Waals surface area contributed by atoms with E-state index in [1.54, 1.807) is 13.8 Å². The minimum Gasteiger partial charge on any atom is -0.480 e. The molecule has 0 aliphatic heterocycles. The highest BCUT2D eigenvalue weighted by Gasteiger charge is 2.32. The number of thioether (sulfide) groups is 1. The van der Waals surface area contributed by atoms with Gasteiger partial charge in [-0.15, -0.1) is 11.8 Å². The van der Waals surface area contributed by atoms with Gasteiger partial charge in [-0.25, -0.2) is 0 Å². The molecule has 3 N–H and O–H groups in total. The zero-order valence-electron chi connectivity index (χ0n) is 7.96. The topological polar surface area (TPSA) is 63.3 Å². The Morgan fingerprint density at radius 2 is 2.21 bits per heavy atom. The Bertz CT molecular complexity index is 243. The Balaban J connectivity index is 4.27. The lowest BCUT2D eigenvalue weighted by molar-refractivity contribution is -0.139. The standard InChI is InChI=1S/C8H13Cl2NO2S/c1-8(2,6(11)7(12)13)14-4-5(10)3-9/h3,6H,4,11H2,1-2H3,(H,12,13)/t6-/m0/s1. The SMILES string of the molecule is CC(C)(SCC(Cl)=CCl)[C@@H](N)C(=O)O. The second-order valence-corrected chi connectivity index (χ2v) is 5.60. The maximum absolute atomic E-state index is 10.6. The predicted molar refractivity (Wildman–Crippen MR) is 61.9 cm³/mol. The van der Waals surface area contributed by atoms with Crippen molar-refractivity contribution in [2.24, 2.45) is 5.73 Å². The van der Waals surface area contributed by atoms with Crippen LogP contribution in [0.25, 0.3) is 0 Å². The summed E-state index contributed by atoms with van der Waals surface area (Å²) < 4.78 is -0.578. The van der Waals surface area contributed by atoms with E-state index in [2.05, 4.69) is 0 Å². The van der Waals surface area contributed by atoms with Gasteiger partial charge in [0.1, 0.15) is 6.04 Å². The van der Waals surface area contributed by atoms with Gasteiger partial charge in [0.2, 0.25) is 0 Å². The summed E-state index contributed by atoms with van der Waals surface area (Å²) in [5.74, 6) is -0.563. The summed E-state index contributed by atoms with van der Waals surface area (Å²) in [5, 5.41) is 9.20. The number of carboxylic acid groups (broad SMARTS) is 1. The van der Waals surface area contributed by atoms with E-state index in [4.69, 9.17) is 34.0 Å². The summed E-state index contributed by atoms with van der Waals surface area (Å²) >= 11 is 12.4. The normalized spacial score (nSPS) is 15.4. The molecular formula is C8H13Cl2NO2S. The third-order valence-electron chi connectivity index (χ3n) is 1.72. The maximum atomic E-state index is 10.6. The molecule has 0 aromatic heterocycles. The van der Waals surface area contributed by atoms with Crippen molar-refractivity contribution in [2.45, 2.75) is 24.6 Å². The van der Waals surface area contributed by atoms with Crippen LogP contribution in [0.2, 0.25) is 0 Å². The molecule has 0 fully saturated rings. The highest BCUT2D eigenvalue weighted by atomic mass is 35.5. The van der Waals surface area contributed by atoms with E-state index in [-0.39, 0.29) is 0 Å². The van der Waals surface area contributed by atoms with E-state index in [0.717, 1.165) is 0 Å². The first kappa shape index (κ1) is 14.1. The number of nitrogens with two attached hydrogens (primary N) is 1. The molecule has 82 valence electrons. The van der Waals surface area contributed by atoms with Crippen molar-refractivity contribution in [3.63, 3.8) is 0 Å². The summed E-state index contributed by atoms with van der Waals surface area (Å²) in [5.41, 5.74) is 6.77. The fourth-order valence-electron chi connectivity index (χ4n) is 0.674. The number of halogens is 2. The fourth-order valence-corrected chi connectivity index (χ4v) is 1.88. The molecule has 0 heterocycles. The molecule has 6 heteroatoms. The van der Waals surface area contributed by atoms with E-state index < -0.39 is 16.8 Å². The minimum absolute atomic E-state index is 0.457. The van der Waals surface area contributed by atoms with Gasteiger partial charge >= 0.3 is 5.97 Å². The minimum atomic E-state index is -1.02. The lowest BCUT2D eigenvalue weighted by Crippen LogP contribution is -2.46. The van der Waals surface area contributed by atoms with E-state index in [0.29, 0.717) is 10.8 Å². The van der Waals surface area contributed by atoms with Gasteiger partial charge < -0.3 is 10.8 Å². The summed E-state index contributed by atoms with van der Waals surface area (Å²) in [6.07, 6.45) is 0. The first-order valence-corrected chi connectivity index (χ1v) is 5.68. The van der Waals surface area contributed by atoms with E-state index >= 15 is 0 Å². The average molecular weight is 258 g/mol. The van der Waals surface area contributed by atoms with Crippen LogP contribution >= 0.6 is 35.0 Å². The first-order valence-electron chi connectivity index (χ1n) is 3.88. The van der Waals surface area contributed by atoms with Gasteiger partial charge in [-0.1, -0.05) is 23.2 Å². The van der Waals surface area contributed by atoms with Crippen molar-refractivity contribution in [3.05, 3.63) is 10.6 Å². The second kappa shape index (κ2) is 5.85. The second-order valence-electron chi connectivity index (χ2n) is 3.26. The molecule has 0 aliphatic rings. The number of carbonyl (C=O) groups is 1. The van der Waals surface area contributed by atoms with Crippen molar-refractivity contribution in [3.8, 4) is 0 Å². The molecule has 0 aromatic rings. The highest BCUT2D eigenvalue weighted by molar-refractivity contribution is 8.00. The van der Waals surface area contributed by atoms with Gasteiger partial charge in [0.15, 0.2) is 0 Å². The van der Waals surface area contributed by atoms with E-state index in [9.17, 15) is 4.79 Å². The number of carboxylic acids is 1. The molecule has 0 radical (unpaired) electrons. The molecule has 0 bridgehead atoms. The molecule has 14 heavy (non-hydrogen) atoms. The largest absolute Gasteiger partial charge is 0.480 e. The molecule has 0 saturated carbocycles. The first-order chi connectivity index (χ1) is 6.31. The Hall–Kier alpha value is 0.1000. The van der Waals surface area contributed by atoms with Crippen LogP contribution in [0.5, 0.6) is 0 Å². The van der Waals surface area contributed by atoms with Crippen molar-refractivity contribution < 1.29 is 9.90 Å². The molecule has 0 saturated heterocycles. The summed E-state index contributed by atoms with van der Waals surface area (Å²) in [6, 6.07) is -0.924. The number of aliphatic carboxylic acids is 1. The molecule has 0 spiro atoms. The zero-order chi connectivity index (χ0) is 11.4. The van der Waals surface area contributed by atoms with Crippen LogP contribution < -0.4 is 5.73 Å². The average Bonchev–Trinajstić information content (AvgIpc) is 2.12. The Kier molecular flexibility index (Phi) is 5.90. The molecule has 0 aliphatic carbocycles. The highest BCUT2D eigenvalue weighted by Crippen LogP contribution is 2.30. The Morgan fingerprint density at radius 3 is 2.57 bits per heavy atom. The third-order valence-corrected chi connectivity index (χ3v) is 3.95. The lowest BCUT2D eigenvalue weighted by atomic mass is 10.1.